The van der Waals surface area contributed by atoms with Gasteiger partial charge in [0.15, 0.2) is 0 Å². The molecule has 2 rings (SSSR count). The maximum Gasteiger partial charge on any atom is 0.264 e. The molecule has 0 bridgehead atoms. The first-order valence-corrected chi connectivity index (χ1v) is 6.11. The summed E-state index contributed by atoms with van der Waals surface area (Å²) >= 11 is 0. The van der Waals surface area contributed by atoms with Crippen LogP contribution in [0.15, 0.2) is 24.3 Å². The number of rotatable bonds is 4. The molecule has 1 aliphatic rings. The zero-order chi connectivity index (χ0) is 13.0. The Hall–Kier alpha value is -1.20. The quantitative estimate of drug-likeness (QED) is 0.890. The van der Waals surface area contributed by atoms with Crippen molar-refractivity contribution in [2.75, 3.05) is 37.7 Å². The Morgan fingerprint density at radius 2 is 1.89 bits per heavy atom. The Bertz CT molecular complexity index is 392. The van der Waals surface area contributed by atoms with Crippen molar-refractivity contribution in [3.8, 4) is 0 Å². The Morgan fingerprint density at radius 1 is 1.22 bits per heavy atom. The van der Waals surface area contributed by atoms with Crippen molar-refractivity contribution in [3.05, 3.63) is 29.8 Å². The SMILES string of the molecule is NCC(F)(F)Cc1ccccc1N1CCOCC1. The summed E-state index contributed by atoms with van der Waals surface area (Å²) in [5.41, 5.74) is 6.62. The van der Waals surface area contributed by atoms with E-state index in [0.717, 1.165) is 18.8 Å². The maximum atomic E-state index is 13.4. The second kappa shape index (κ2) is 5.63. The summed E-state index contributed by atoms with van der Waals surface area (Å²) in [6.07, 6.45) is -0.309. The number of ether oxygens (including phenoxy) is 1. The highest BCUT2D eigenvalue weighted by atomic mass is 19.3. The largest absolute Gasteiger partial charge is 0.378 e. The highest BCUT2D eigenvalue weighted by Crippen LogP contribution is 2.27. The normalized spacial score (nSPS) is 16.9. The minimum absolute atomic E-state index is 0.309. The number of anilines is 1. The smallest absolute Gasteiger partial charge is 0.264 e. The first-order chi connectivity index (χ1) is 8.62. The molecule has 0 aliphatic carbocycles. The zero-order valence-electron chi connectivity index (χ0n) is 10.2. The average Bonchev–Trinajstić information content (AvgIpc) is 2.40. The Balaban J connectivity index is 2.19. The summed E-state index contributed by atoms with van der Waals surface area (Å²) in [4.78, 5) is 2.09. The molecule has 0 radical (unpaired) electrons. The summed E-state index contributed by atoms with van der Waals surface area (Å²) in [5, 5.41) is 0. The van der Waals surface area contributed by atoms with Gasteiger partial charge < -0.3 is 15.4 Å². The number of hydrogen-bond acceptors (Lipinski definition) is 3. The molecular weight excluding hydrogens is 238 g/mol. The number of hydrogen-bond donors (Lipinski definition) is 1. The number of halogens is 2. The molecule has 1 aromatic carbocycles. The Labute approximate surface area is 106 Å². The third kappa shape index (κ3) is 3.17. The summed E-state index contributed by atoms with van der Waals surface area (Å²) in [6.45, 7) is 2.14. The number of morpholine rings is 1. The fourth-order valence-corrected chi connectivity index (χ4v) is 2.12. The van der Waals surface area contributed by atoms with E-state index in [9.17, 15) is 8.78 Å². The number of alkyl halides is 2. The predicted octanol–water partition coefficient (Wildman–Crippen LogP) is 1.66. The molecule has 3 nitrogen and oxygen atoms in total. The maximum absolute atomic E-state index is 13.4. The van der Waals surface area contributed by atoms with Crippen molar-refractivity contribution in [1.29, 1.82) is 0 Å². The van der Waals surface area contributed by atoms with E-state index in [1.54, 1.807) is 12.1 Å². The monoisotopic (exact) mass is 256 g/mol. The van der Waals surface area contributed by atoms with Gasteiger partial charge in [0.2, 0.25) is 0 Å². The van der Waals surface area contributed by atoms with Gasteiger partial charge in [-0.1, -0.05) is 18.2 Å². The fourth-order valence-electron chi connectivity index (χ4n) is 2.12. The lowest BCUT2D eigenvalue weighted by molar-refractivity contribution is 0.0115. The average molecular weight is 256 g/mol. The minimum atomic E-state index is -2.84. The van der Waals surface area contributed by atoms with Gasteiger partial charge in [0.25, 0.3) is 5.92 Å². The van der Waals surface area contributed by atoms with Crippen molar-refractivity contribution < 1.29 is 13.5 Å². The van der Waals surface area contributed by atoms with Gasteiger partial charge in [-0.15, -0.1) is 0 Å². The van der Waals surface area contributed by atoms with Crippen LogP contribution in [0, 0.1) is 0 Å². The van der Waals surface area contributed by atoms with Crippen LogP contribution in [0.5, 0.6) is 0 Å². The Morgan fingerprint density at radius 3 is 2.56 bits per heavy atom. The summed E-state index contributed by atoms with van der Waals surface area (Å²) in [5.74, 6) is -2.84. The first-order valence-electron chi connectivity index (χ1n) is 6.11. The number of para-hydroxylation sites is 1. The van der Waals surface area contributed by atoms with Crippen LogP contribution in [0.3, 0.4) is 0 Å². The lowest BCUT2D eigenvalue weighted by atomic mass is 10.0. The highest BCUT2D eigenvalue weighted by Gasteiger charge is 2.29. The number of nitrogens with two attached hydrogens (primary N) is 1. The highest BCUT2D eigenvalue weighted by molar-refractivity contribution is 5.54. The topological polar surface area (TPSA) is 38.5 Å². The zero-order valence-corrected chi connectivity index (χ0v) is 10.2. The van der Waals surface area contributed by atoms with Gasteiger partial charge in [0.05, 0.1) is 19.8 Å². The molecule has 1 aromatic rings. The van der Waals surface area contributed by atoms with Crippen LogP contribution >= 0.6 is 0 Å². The van der Waals surface area contributed by atoms with Crippen LogP contribution in [0.1, 0.15) is 5.56 Å². The minimum Gasteiger partial charge on any atom is -0.378 e. The van der Waals surface area contributed by atoms with Crippen LogP contribution in [0.2, 0.25) is 0 Å². The molecule has 1 fully saturated rings. The van der Waals surface area contributed by atoms with E-state index < -0.39 is 12.5 Å². The van der Waals surface area contributed by atoms with Crippen molar-refractivity contribution in [2.24, 2.45) is 5.73 Å². The van der Waals surface area contributed by atoms with Gasteiger partial charge in [-0.25, -0.2) is 8.78 Å². The molecule has 0 amide bonds. The van der Waals surface area contributed by atoms with Crippen molar-refractivity contribution >= 4 is 5.69 Å². The standard InChI is InChI=1S/C13H18F2N2O/c14-13(15,10-16)9-11-3-1-2-4-12(11)17-5-7-18-8-6-17/h1-4H,5-10,16H2. The van der Waals surface area contributed by atoms with Crippen LogP contribution in [-0.4, -0.2) is 38.8 Å². The molecule has 1 heterocycles. The van der Waals surface area contributed by atoms with Crippen molar-refractivity contribution in [1.82, 2.24) is 0 Å². The molecule has 0 atom stereocenters. The van der Waals surface area contributed by atoms with Crippen molar-refractivity contribution in [3.63, 3.8) is 0 Å². The molecule has 2 N–H and O–H groups in total. The third-order valence-electron chi connectivity index (χ3n) is 3.09. The van der Waals surface area contributed by atoms with E-state index in [1.165, 1.54) is 0 Å². The lowest BCUT2D eigenvalue weighted by Gasteiger charge is -2.31. The van der Waals surface area contributed by atoms with Crippen LogP contribution < -0.4 is 10.6 Å². The van der Waals surface area contributed by atoms with Crippen LogP contribution in [-0.2, 0) is 11.2 Å². The molecule has 18 heavy (non-hydrogen) atoms. The number of benzene rings is 1. The van der Waals surface area contributed by atoms with E-state index in [-0.39, 0.29) is 6.42 Å². The summed E-state index contributed by atoms with van der Waals surface area (Å²) < 4.78 is 32.1. The van der Waals surface area contributed by atoms with Crippen LogP contribution in [0.4, 0.5) is 14.5 Å². The van der Waals surface area contributed by atoms with E-state index in [4.69, 9.17) is 10.5 Å². The second-order valence-corrected chi connectivity index (χ2v) is 4.46. The molecule has 1 saturated heterocycles. The molecule has 0 saturated carbocycles. The Kier molecular flexibility index (Phi) is 4.14. The summed E-state index contributed by atoms with van der Waals surface area (Å²) in [7, 11) is 0. The lowest BCUT2D eigenvalue weighted by Crippen LogP contribution is -2.37. The van der Waals surface area contributed by atoms with Gasteiger partial charge in [-0.2, -0.15) is 0 Å². The fraction of sp³-hybridized carbons (Fsp3) is 0.538. The molecule has 100 valence electrons. The van der Waals surface area contributed by atoms with Gasteiger partial charge in [0, 0.05) is 25.2 Å². The van der Waals surface area contributed by atoms with Crippen molar-refractivity contribution in [2.45, 2.75) is 12.3 Å². The molecule has 1 aliphatic heterocycles. The summed E-state index contributed by atoms with van der Waals surface area (Å²) in [6, 6.07) is 7.28. The van der Waals surface area contributed by atoms with Gasteiger partial charge >= 0.3 is 0 Å². The second-order valence-electron chi connectivity index (χ2n) is 4.46. The predicted molar refractivity (Wildman–Crippen MR) is 67.2 cm³/mol. The molecule has 5 heteroatoms. The number of nitrogens with zero attached hydrogens (tertiary/aromatic N) is 1. The molecule has 0 aromatic heterocycles. The van der Waals surface area contributed by atoms with E-state index in [2.05, 4.69) is 4.90 Å². The van der Waals surface area contributed by atoms with E-state index in [0.29, 0.717) is 18.8 Å². The van der Waals surface area contributed by atoms with E-state index >= 15 is 0 Å². The van der Waals surface area contributed by atoms with Crippen LogP contribution in [0.25, 0.3) is 0 Å². The third-order valence-corrected chi connectivity index (χ3v) is 3.09. The molecule has 0 unspecified atom stereocenters. The van der Waals surface area contributed by atoms with Gasteiger partial charge in [-0.3, -0.25) is 0 Å². The molecule has 0 spiro atoms. The van der Waals surface area contributed by atoms with E-state index in [1.807, 2.05) is 12.1 Å². The van der Waals surface area contributed by atoms with Gasteiger partial charge in [0.1, 0.15) is 0 Å². The van der Waals surface area contributed by atoms with Gasteiger partial charge in [-0.05, 0) is 11.6 Å². The first kappa shape index (κ1) is 13.2. The molecular formula is C13H18F2N2O.